The topological polar surface area (TPSA) is 79.7 Å². The van der Waals surface area contributed by atoms with E-state index in [0.717, 1.165) is 0 Å². The van der Waals surface area contributed by atoms with E-state index in [-0.39, 0.29) is 6.10 Å². The Morgan fingerprint density at radius 1 is 0.929 bits per heavy atom. The van der Waals surface area contributed by atoms with Gasteiger partial charge in [0.05, 0.1) is 39.1 Å². The van der Waals surface area contributed by atoms with Gasteiger partial charge in [-0.1, -0.05) is 0 Å². The number of rotatable bonds is 10. The van der Waals surface area contributed by atoms with Crippen molar-refractivity contribution in [3.05, 3.63) is 0 Å². The van der Waals surface area contributed by atoms with Gasteiger partial charge in [0.2, 0.25) is 0 Å². The average Bonchev–Trinajstić information content (AvgIpc) is 2.18. The van der Waals surface area contributed by atoms with Crippen molar-refractivity contribution in [2.24, 2.45) is 11.5 Å². The highest BCUT2D eigenvalue weighted by Crippen LogP contribution is 1.91. The molecule has 5 heteroatoms. The Morgan fingerprint density at radius 2 is 1.57 bits per heavy atom. The lowest BCUT2D eigenvalue weighted by Crippen LogP contribution is -2.21. The van der Waals surface area contributed by atoms with Gasteiger partial charge >= 0.3 is 0 Å². The normalized spacial score (nSPS) is 13.1. The first kappa shape index (κ1) is 13.8. The SMILES string of the molecule is CC(COCCN)OCCOCCN. The average molecular weight is 206 g/mol. The van der Waals surface area contributed by atoms with Gasteiger partial charge in [-0.05, 0) is 6.92 Å². The van der Waals surface area contributed by atoms with Crippen LogP contribution < -0.4 is 11.5 Å². The van der Waals surface area contributed by atoms with Crippen LogP contribution in [0.4, 0.5) is 0 Å². The van der Waals surface area contributed by atoms with Gasteiger partial charge in [-0.15, -0.1) is 0 Å². The molecule has 0 saturated carbocycles. The highest BCUT2D eigenvalue weighted by Gasteiger charge is 2.01. The standard InChI is InChI=1S/C9H22N2O3/c1-9(8-13-5-3-11)14-7-6-12-4-2-10/h9H,2-8,10-11H2,1H3. The minimum Gasteiger partial charge on any atom is -0.378 e. The first-order valence-corrected chi connectivity index (χ1v) is 4.98. The van der Waals surface area contributed by atoms with E-state index in [1.807, 2.05) is 6.92 Å². The zero-order valence-electron chi connectivity index (χ0n) is 8.91. The second-order valence-electron chi connectivity index (χ2n) is 2.95. The van der Waals surface area contributed by atoms with E-state index in [9.17, 15) is 0 Å². The van der Waals surface area contributed by atoms with Crippen LogP contribution in [0.25, 0.3) is 0 Å². The van der Waals surface area contributed by atoms with Gasteiger partial charge in [-0.2, -0.15) is 0 Å². The summed E-state index contributed by atoms with van der Waals surface area (Å²) in [7, 11) is 0. The molecule has 0 aliphatic heterocycles. The Morgan fingerprint density at radius 3 is 2.21 bits per heavy atom. The molecule has 0 aromatic carbocycles. The van der Waals surface area contributed by atoms with Crippen molar-refractivity contribution in [1.29, 1.82) is 0 Å². The molecule has 0 aliphatic carbocycles. The van der Waals surface area contributed by atoms with E-state index >= 15 is 0 Å². The maximum Gasteiger partial charge on any atom is 0.0781 e. The van der Waals surface area contributed by atoms with E-state index in [2.05, 4.69) is 0 Å². The summed E-state index contributed by atoms with van der Waals surface area (Å²) in [4.78, 5) is 0. The second-order valence-corrected chi connectivity index (χ2v) is 2.95. The van der Waals surface area contributed by atoms with E-state index in [4.69, 9.17) is 25.7 Å². The molecule has 0 rings (SSSR count). The molecule has 5 nitrogen and oxygen atoms in total. The number of hydrogen-bond donors (Lipinski definition) is 2. The van der Waals surface area contributed by atoms with Gasteiger partial charge in [0, 0.05) is 13.1 Å². The molecule has 0 aromatic rings. The number of nitrogens with two attached hydrogens (primary N) is 2. The summed E-state index contributed by atoms with van der Waals surface area (Å²) in [5.41, 5.74) is 10.5. The third-order valence-electron chi connectivity index (χ3n) is 1.51. The second kappa shape index (κ2) is 10.9. The van der Waals surface area contributed by atoms with Crippen LogP contribution in [0.1, 0.15) is 6.92 Å². The van der Waals surface area contributed by atoms with Crippen molar-refractivity contribution in [3.63, 3.8) is 0 Å². The molecule has 4 N–H and O–H groups in total. The summed E-state index contributed by atoms with van der Waals surface area (Å²) in [6.45, 7) is 5.96. The molecular weight excluding hydrogens is 184 g/mol. The van der Waals surface area contributed by atoms with Crippen LogP contribution in [-0.2, 0) is 14.2 Å². The van der Waals surface area contributed by atoms with Gasteiger partial charge in [0.1, 0.15) is 0 Å². The largest absolute Gasteiger partial charge is 0.378 e. The fraction of sp³-hybridized carbons (Fsp3) is 1.00. The minimum absolute atomic E-state index is 0.0861. The van der Waals surface area contributed by atoms with Crippen LogP contribution in [0.15, 0.2) is 0 Å². The van der Waals surface area contributed by atoms with Crippen molar-refractivity contribution in [2.75, 3.05) is 46.1 Å². The third-order valence-corrected chi connectivity index (χ3v) is 1.51. The van der Waals surface area contributed by atoms with Gasteiger partial charge in [-0.25, -0.2) is 0 Å². The fourth-order valence-corrected chi connectivity index (χ4v) is 0.874. The van der Waals surface area contributed by atoms with Gasteiger partial charge in [0.25, 0.3) is 0 Å². The van der Waals surface area contributed by atoms with Crippen LogP contribution in [0.5, 0.6) is 0 Å². The van der Waals surface area contributed by atoms with Crippen LogP contribution in [0.2, 0.25) is 0 Å². The summed E-state index contributed by atoms with van der Waals surface area (Å²) >= 11 is 0. The summed E-state index contributed by atoms with van der Waals surface area (Å²) < 4.78 is 15.8. The molecule has 14 heavy (non-hydrogen) atoms. The summed E-state index contributed by atoms with van der Waals surface area (Å²) in [6, 6.07) is 0. The fourth-order valence-electron chi connectivity index (χ4n) is 0.874. The molecule has 0 aromatic heterocycles. The highest BCUT2D eigenvalue weighted by molar-refractivity contribution is 4.47. The van der Waals surface area contributed by atoms with Crippen LogP contribution in [0.3, 0.4) is 0 Å². The van der Waals surface area contributed by atoms with Crippen LogP contribution in [0, 0.1) is 0 Å². The summed E-state index contributed by atoms with van der Waals surface area (Å²) in [6.07, 6.45) is 0.0861. The Kier molecular flexibility index (Phi) is 10.7. The highest BCUT2D eigenvalue weighted by atomic mass is 16.5. The predicted octanol–water partition coefficient (Wildman–Crippen LogP) is -0.658. The van der Waals surface area contributed by atoms with E-state index < -0.39 is 0 Å². The van der Waals surface area contributed by atoms with Gasteiger partial charge < -0.3 is 25.7 Å². The Balaban J connectivity index is 3.06. The van der Waals surface area contributed by atoms with Crippen molar-refractivity contribution in [3.8, 4) is 0 Å². The maximum atomic E-state index is 5.40. The smallest absolute Gasteiger partial charge is 0.0781 e. The van der Waals surface area contributed by atoms with E-state index in [0.29, 0.717) is 46.1 Å². The molecule has 0 saturated heterocycles. The first-order valence-electron chi connectivity index (χ1n) is 4.98. The lowest BCUT2D eigenvalue weighted by Gasteiger charge is -2.13. The predicted molar refractivity (Wildman–Crippen MR) is 55.2 cm³/mol. The minimum atomic E-state index is 0.0861. The molecule has 0 fully saturated rings. The molecule has 0 aliphatic rings. The molecule has 0 amide bonds. The Labute approximate surface area is 85.7 Å². The molecular formula is C9H22N2O3. The molecule has 86 valence electrons. The van der Waals surface area contributed by atoms with Crippen molar-refractivity contribution >= 4 is 0 Å². The molecule has 0 spiro atoms. The first-order chi connectivity index (χ1) is 6.81. The van der Waals surface area contributed by atoms with Crippen molar-refractivity contribution in [1.82, 2.24) is 0 Å². The van der Waals surface area contributed by atoms with E-state index in [1.165, 1.54) is 0 Å². The maximum absolute atomic E-state index is 5.40. The van der Waals surface area contributed by atoms with Gasteiger partial charge in [-0.3, -0.25) is 0 Å². The van der Waals surface area contributed by atoms with Crippen LogP contribution in [-0.4, -0.2) is 52.2 Å². The number of ether oxygens (including phenoxy) is 3. The quantitative estimate of drug-likeness (QED) is 0.464. The third kappa shape index (κ3) is 9.88. The van der Waals surface area contributed by atoms with E-state index in [1.54, 1.807) is 0 Å². The molecule has 0 radical (unpaired) electrons. The zero-order chi connectivity index (χ0) is 10.6. The van der Waals surface area contributed by atoms with Crippen LogP contribution >= 0.6 is 0 Å². The Bertz CT molecular complexity index is 114. The lowest BCUT2D eigenvalue weighted by atomic mass is 10.4. The Hall–Kier alpha value is -0.200. The lowest BCUT2D eigenvalue weighted by molar-refractivity contribution is -0.0275. The number of hydrogen-bond acceptors (Lipinski definition) is 5. The molecule has 0 heterocycles. The molecule has 0 bridgehead atoms. The van der Waals surface area contributed by atoms with Crippen molar-refractivity contribution < 1.29 is 14.2 Å². The van der Waals surface area contributed by atoms with Gasteiger partial charge in [0.15, 0.2) is 0 Å². The summed E-state index contributed by atoms with van der Waals surface area (Å²) in [5.74, 6) is 0. The zero-order valence-corrected chi connectivity index (χ0v) is 8.91. The van der Waals surface area contributed by atoms with Crippen molar-refractivity contribution in [2.45, 2.75) is 13.0 Å². The summed E-state index contributed by atoms with van der Waals surface area (Å²) in [5, 5.41) is 0. The molecule has 1 atom stereocenters. The molecule has 1 unspecified atom stereocenters. The monoisotopic (exact) mass is 206 g/mol.